The average molecular weight is 1140 g/mol. The fourth-order valence-electron chi connectivity index (χ4n) is 11.5. The van der Waals surface area contributed by atoms with Crippen molar-refractivity contribution in [1.29, 1.82) is 0 Å². The van der Waals surface area contributed by atoms with E-state index in [0.29, 0.717) is 45.8 Å². The summed E-state index contributed by atoms with van der Waals surface area (Å²) in [7, 11) is -0.918. The summed E-state index contributed by atoms with van der Waals surface area (Å²) in [6, 6.07) is 94.2. The second kappa shape index (κ2) is 30.0. The molecule has 10 atom stereocenters. The molecule has 0 saturated carbocycles. The molecule has 2 aliphatic heterocycles. The highest BCUT2D eigenvalue weighted by molar-refractivity contribution is 7.95. The number of hydrogen-bond donors (Lipinski definition) is 0. The number of benzene rings is 9. The van der Waals surface area contributed by atoms with Crippen LogP contribution in [0.25, 0.3) is 0 Å². The quantitative estimate of drug-likeness (QED) is 0.0389. The van der Waals surface area contributed by atoms with Gasteiger partial charge >= 0.3 is 0 Å². The summed E-state index contributed by atoms with van der Waals surface area (Å²) < 4.78 is 64.4. The number of rotatable bonds is 26. The number of methoxy groups -OCH3 is 1. The molecule has 0 aromatic heterocycles. The topological polar surface area (TPSA) is 83.1 Å². The third-order valence-electron chi connectivity index (χ3n) is 15.7. The Morgan fingerprint density at radius 1 is 0.298 bits per heavy atom. The molecule has 2 fully saturated rings. The maximum atomic E-state index is 7.87. The van der Waals surface area contributed by atoms with E-state index in [-0.39, 0.29) is 0 Å². The van der Waals surface area contributed by atoms with Gasteiger partial charge in [0.05, 0.1) is 39.6 Å². The van der Waals surface area contributed by atoms with Crippen LogP contribution >= 0.6 is 7.26 Å². The first-order valence-corrected chi connectivity index (χ1v) is 31.1. The molecule has 0 bridgehead atoms. The lowest BCUT2D eigenvalue weighted by Gasteiger charge is -2.47. The molecule has 0 N–H and O–H groups in total. The predicted molar refractivity (Wildman–Crippen MR) is 334 cm³/mol. The predicted octanol–water partition coefficient (Wildman–Crippen LogP) is 13.2. The van der Waals surface area contributed by atoms with Crippen LogP contribution < -0.4 is 15.9 Å². The fourth-order valence-corrected chi connectivity index (χ4v) is 15.9. The fraction of sp³-hybridized carbons (Fsp3) is 0.243. The van der Waals surface area contributed by atoms with Gasteiger partial charge in [0.1, 0.15) is 84.3 Å². The molecule has 0 aliphatic carbocycles. The van der Waals surface area contributed by atoms with E-state index < -0.39 is 68.5 Å². The Kier molecular flexibility index (Phi) is 20.9. The Morgan fingerprint density at radius 3 is 0.857 bits per heavy atom. The zero-order valence-electron chi connectivity index (χ0n) is 47.5. The smallest absolute Gasteiger partial charge is 0.186 e. The van der Waals surface area contributed by atoms with Crippen LogP contribution in [-0.2, 0) is 82.3 Å². The van der Waals surface area contributed by atoms with Crippen molar-refractivity contribution < 1.29 is 42.6 Å². The van der Waals surface area contributed by atoms with Gasteiger partial charge in [0.25, 0.3) is 0 Å². The van der Waals surface area contributed by atoms with Crippen LogP contribution in [0, 0.1) is 0 Å². The highest BCUT2D eigenvalue weighted by atomic mass is 31.2. The van der Waals surface area contributed by atoms with Crippen LogP contribution in [0.4, 0.5) is 0 Å². The van der Waals surface area contributed by atoms with Crippen LogP contribution in [-0.4, -0.2) is 74.5 Å². The normalized spacial score (nSPS) is 22.6. The molecule has 0 amide bonds. The average Bonchev–Trinajstić information content (AvgIpc) is 2.16. The second-order valence-electron chi connectivity index (χ2n) is 21.3. The monoisotopic (exact) mass is 1140 g/mol. The van der Waals surface area contributed by atoms with Gasteiger partial charge in [-0.1, -0.05) is 249 Å². The van der Waals surface area contributed by atoms with Crippen LogP contribution in [0.3, 0.4) is 0 Å². The summed E-state index contributed by atoms with van der Waals surface area (Å²) in [6.07, 6.45) is -2.14. The van der Waals surface area contributed by atoms with Gasteiger partial charge in [-0.3, -0.25) is 0 Å². The first kappa shape index (κ1) is 58.6. The van der Waals surface area contributed by atoms with E-state index in [1.165, 1.54) is 15.9 Å². The molecule has 2 aliphatic rings. The zero-order valence-corrected chi connectivity index (χ0v) is 48.4. The summed E-state index contributed by atoms with van der Waals surface area (Å²) in [5.41, 5.74) is 6.11. The minimum atomic E-state index is -2.57. The van der Waals surface area contributed by atoms with Crippen molar-refractivity contribution in [3.05, 3.63) is 319 Å². The summed E-state index contributed by atoms with van der Waals surface area (Å²) in [6.45, 7) is 1.82. The molecular weight excluding hydrogens is 1060 g/mol. The molecule has 11 rings (SSSR count). The van der Waals surface area contributed by atoms with Gasteiger partial charge in [-0.15, -0.1) is 0 Å². The summed E-state index contributed by atoms with van der Waals surface area (Å²) >= 11 is 0. The van der Waals surface area contributed by atoms with Gasteiger partial charge in [0, 0.05) is 7.11 Å². The molecule has 0 unspecified atom stereocenters. The van der Waals surface area contributed by atoms with E-state index in [1.54, 1.807) is 7.11 Å². The van der Waals surface area contributed by atoms with Gasteiger partial charge < -0.3 is 42.6 Å². The SMILES string of the molecule is CO[C@H]1O[C@H](/C=C/[C@@H]2O[C@H](C[P+](c3ccccc3)(c3ccccc3)c3ccccc3)[C@H](OCc3ccccc3)[C@H](OCc3ccccc3)[C@H]2OCc2ccccc2)[C@H](OCc2ccccc2)[C@H](OCc2ccccc2)[C@H]1OCc1ccccc1. The van der Waals surface area contributed by atoms with E-state index >= 15 is 0 Å². The Labute approximate surface area is 496 Å². The maximum Gasteiger partial charge on any atom is 0.186 e. The van der Waals surface area contributed by atoms with Gasteiger partial charge in [0.15, 0.2) is 6.29 Å². The molecule has 2 saturated heterocycles. The second-order valence-corrected chi connectivity index (χ2v) is 24.8. The van der Waals surface area contributed by atoms with Gasteiger partial charge in [-0.25, -0.2) is 0 Å². The van der Waals surface area contributed by atoms with Crippen molar-refractivity contribution in [2.75, 3.05) is 13.3 Å². The first-order valence-electron chi connectivity index (χ1n) is 29.1. The van der Waals surface area contributed by atoms with Gasteiger partial charge in [-0.05, 0) is 69.8 Å². The summed E-state index contributed by atoms with van der Waals surface area (Å²) in [5.74, 6) is 0. The Hall–Kier alpha value is -7.21. The number of ether oxygens (including phenoxy) is 9. The molecule has 428 valence electrons. The van der Waals surface area contributed by atoms with E-state index in [0.717, 1.165) is 33.4 Å². The van der Waals surface area contributed by atoms with Crippen LogP contribution in [0.15, 0.2) is 285 Å². The van der Waals surface area contributed by atoms with Crippen LogP contribution in [0.2, 0.25) is 0 Å². The van der Waals surface area contributed by atoms with Crippen LogP contribution in [0.5, 0.6) is 0 Å². The molecule has 9 nitrogen and oxygen atoms in total. The van der Waals surface area contributed by atoms with E-state index in [9.17, 15) is 0 Å². The van der Waals surface area contributed by atoms with Gasteiger partial charge in [-0.2, -0.15) is 0 Å². The Morgan fingerprint density at radius 2 is 0.548 bits per heavy atom. The summed E-state index contributed by atoms with van der Waals surface area (Å²) in [4.78, 5) is 0. The van der Waals surface area contributed by atoms with E-state index in [1.807, 2.05) is 121 Å². The highest BCUT2D eigenvalue weighted by Crippen LogP contribution is 2.57. The number of hydrogen-bond acceptors (Lipinski definition) is 9. The third-order valence-corrected chi connectivity index (χ3v) is 20.1. The molecular formula is C74H74O9P+. The minimum absolute atomic E-state index is 0.290. The molecule has 10 heteroatoms. The van der Waals surface area contributed by atoms with Crippen molar-refractivity contribution >= 4 is 23.2 Å². The summed E-state index contributed by atoms with van der Waals surface area (Å²) in [5, 5.41) is 3.69. The molecule has 2 heterocycles. The highest BCUT2D eigenvalue weighted by Gasteiger charge is 2.56. The van der Waals surface area contributed by atoms with Crippen molar-refractivity contribution in [1.82, 2.24) is 0 Å². The first-order chi connectivity index (χ1) is 41.6. The molecule has 84 heavy (non-hydrogen) atoms. The molecule has 0 radical (unpaired) electrons. The van der Waals surface area contributed by atoms with Crippen molar-refractivity contribution in [3.63, 3.8) is 0 Å². The molecule has 9 aromatic carbocycles. The lowest BCUT2D eigenvalue weighted by atomic mass is 9.92. The lowest BCUT2D eigenvalue weighted by molar-refractivity contribution is -0.309. The van der Waals surface area contributed by atoms with Crippen molar-refractivity contribution in [2.24, 2.45) is 0 Å². The Bertz CT molecular complexity index is 3220. The van der Waals surface area contributed by atoms with Crippen molar-refractivity contribution in [2.45, 2.75) is 101 Å². The Balaban J connectivity index is 1.04. The van der Waals surface area contributed by atoms with Gasteiger partial charge in [0.2, 0.25) is 0 Å². The molecule has 9 aromatic rings. The van der Waals surface area contributed by atoms with E-state index in [4.69, 9.17) is 42.6 Å². The largest absolute Gasteiger partial charge is 0.368 e. The third kappa shape index (κ3) is 15.0. The van der Waals surface area contributed by atoms with E-state index in [2.05, 4.69) is 164 Å². The standard InChI is InChI=1S/C74H74O9P/c1-75-74-73(81-54-61-39-21-7-22-40-61)72(80-53-60-37-19-6-20-38-60)69(77-50-57-31-13-3-14-32-57)66(83-74)48-47-65-68(76-49-56-29-11-2-12-30-56)71(79-52-59-35-17-5-18-36-59)70(78-51-58-33-15-4-16-34-58)67(82-65)55-84(62-41-23-8-24-42-62,63-43-25-9-26-44-63)64-45-27-10-28-46-64/h2-48,65-74H,49-55H2,1H3/q+1/b48-47+/t65-,66+,67+,68-,69-,70-,71+,72-,73+,74-/m0/s1. The zero-order chi connectivity index (χ0) is 57.0. The molecule has 0 spiro atoms. The van der Waals surface area contributed by atoms with Crippen molar-refractivity contribution in [3.8, 4) is 0 Å². The maximum absolute atomic E-state index is 7.87. The minimum Gasteiger partial charge on any atom is -0.368 e. The van der Waals surface area contributed by atoms with Crippen LogP contribution in [0.1, 0.15) is 33.4 Å². The lowest BCUT2D eigenvalue weighted by Crippen LogP contribution is -2.62.